The van der Waals surface area contributed by atoms with Crippen molar-refractivity contribution in [2.75, 3.05) is 33.4 Å². The molecule has 0 bridgehead atoms. The molecule has 1 unspecified atom stereocenters. The summed E-state index contributed by atoms with van der Waals surface area (Å²) in [4.78, 5) is 44.3. The van der Waals surface area contributed by atoms with Gasteiger partial charge in [-0.25, -0.2) is 14.2 Å². The second kappa shape index (κ2) is 11.4. The molecule has 0 saturated carbocycles. The number of halogens is 1. The highest BCUT2D eigenvalue weighted by atomic mass is 19.1. The van der Waals surface area contributed by atoms with Crippen LogP contribution in [0.2, 0.25) is 0 Å². The minimum atomic E-state index is -0.709. The number of hydrogen-bond acceptors (Lipinski definition) is 6. The second-order valence-electron chi connectivity index (χ2n) is 7.43. The number of ether oxygens (including phenoxy) is 2. The fourth-order valence-corrected chi connectivity index (χ4v) is 3.53. The molecule has 1 N–H and O–H groups in total. The Labute approximate surface area is 196 Å². The van der Waals surface area contributed by atoms with E-state index in [4.69, 9.17) is 9.47 Å². The van der Waals surface area contributed by atoms with Gasteiger partial charge in [0.1, 0.15) is 18.2 Å². The number of nitrogens with one attached hydrogen (secondary N) is 1. The Kier molecular flexibility index (Phi) is 8.31. The molecule has 1 atom stereocenters. The molecule has 0 radical (unpaired) electrons. The first kappa shape index (κ1) is 24.8. The lowest BCUT2D eigenvalue weighted by Crippen LogP contribution is -2.46. The molecule has 0 aliphatic heterocycles. The van der Waals surface area contributed by atoms with Crippen LogP contribution in [0.1, 0.15) is 25.7 Å². The van der Waals surface area contributed by atoms with Crippen LogP contribution in [0.4, 0.5) is 9.18 Å². The molecule has 1 heterocycles. The molecular formula is C24H27FN4O5. The van der Waals surface area contributed by atoms with E-state index in [9.17, 15) is 18.8 Å². The summed E-state index contributed by atoms with van der Waals surface area (Å²) in [7, 11) is 1.50. The minimum Gasteiger partial charge on any atom is -0.465 e. The van der Waals surface area contributed by atoms with Crippen LogP contribution in [-0.4, -0.2) is 59.9 Å². The van der Waals surface area contributed by atoms with Gasteiger partial charge in [0.15, 0.2) is 0 Å². The van der Waals surface area contributed by atoms with Crippen molar-refractivity contribution in [1.29, 1.82) is 0 Å². The highest BCUT2D eigenvalue weighted by Crippen LogP contribution is 2.23. The van der Waals surface area contributed by atoms with Crippen LogP contribution in [0.5, 0.6) is 0 Å². The lowest BCUT2D eigenvalue weighted by Gasteiger charge is -2.30. The van der Waals surface area contributed by atoms with Gasteiger partial charge < -0.3 is 19.7 Å². The minimum absolute atomic E-state index is 0.165. The molecular weight excluding hydrogens is 443 g/mol. The molecule has 34 heavy (non-hydrogen) atoms. The highest BCUT2D eigenvalue weighted by Gasteiger charge is 2.27. The lowest BCUT2D eigenvalue weighted by molar-refractivity contribution is -0.141. The van der Waals surface area contributed by atoms with Crippen molar-refractivity contribution in [3.8, 4) is 5.69 Å². The first-order valence-electron chi connectivity index (χ1n) is 10.8. The highest BCUT2D eigenvalue weighted by molar-refractivity contribution is 5.81. The van der Waals surface area contributed by atoms with Crippen LogP contribution in [0.15, 0.2) is 53.3 Å². The largest absolute Gasteiger partial charge is 0.465 e. The van der Waals surface area contributed by atoms with Crippen LogP contribution in [-0.2, 0) is 14.3 Å². The Balaban J connectivity index is 2.08. The zero-order valence-electron chi connectivity index (χ0n) is 19.3. The standard InChI is InChI=1S/C24H27FN4O5/c1-4-34-21(30)15-26-24(32)28(13-14-33-3)16(2)22-27-20-8-6-5-7-19(20)23(31)29(22)18-11-9-17(25)10-12-18/h5-12,16H,4,13-15H2,1-3H3,(H,26,32). The molecule has 3 rings (SSSR count). The van der Waals surface area contributed by atoms with Gasteiger partial charge in [0, 0.05) is 13.7 Å². The zero-order valence-corrected chi connectivity index (χ0v) is 19.3. The van der Waals surface area contributed by atoms with E-state index in [1.165, 1.54) is 40.8 Å². The van der Waals surface area contributed by atoms with Gasteiger partial charge in [-0.2, -0.15) is 0 Å². The van der Waals surface area contributed by atoms with Crippen molar-refractivity contribution < 1.29 is 23.5 Å². The van der Waals surface area contributed by atoms with Gasteiger partial charge >= 0.3 is 12.0 Å². The third kappa shape index (κ3) is 5.57. The molecule has 180 valence electrons. The number of urea groups is 1. The quantitative estimate of drug-likeness (QED) is 0.483. The van der Waals surface area contributed by atoms with Gasteiger partial charge in [0.05, 0.1) is 35.8 Å². The molecule has 0 fully saturated rings. The third-order valence-electron chi connectivity index (χ3n) is 5.21. The average Bonchev–Trinajstić information content (AvgIpc) is 2.83. The van der Waals surface area contributed by atoms with Crippen LogP contribution >= 0.6 is 0 Å². The first-order chi connectivity index (χ1) is 16.4. The van der Waals surface area contributed by atoms with E-state index in [0.717, 1.165) is 0 Å². The number of methoxy groups -OCH3 is 1. The SMILES string of the molecule is CCOC(=O)CNC(=O)N(CCOC)C(C)c1nc2ccccc2c(=O)n1-c1ccc(F)cc1. The maximum absolute atomic E-state index is 13.6. The molecule has 2 amide bonds. The molecule has 9 nitrogen and oxygen atoms in total. The Hall–Kier alpha value is -3.79. The monoisotopic (exact) mass is 470 g/mol. The van der Waals surface area contributed by atoms with E-state index in [2.05, 4.69) is 10.3 Å². The second-order valence-corrected chi connectivity index (χ2v) is 7.43. The first-order valence-corrected chi connectivity index (χ1v) is 10.8. The van der Waals surface area contributed by atoms with Crippen molar-refractivity contribution in [2.24, 2.45) is 0 Å². The van der Waals surface area contributed by atoms with E-state index in [0.29, 0.717) is 16.6 Å². The molecule has 0 saturated heterocycles. The summed E-state index contributed by atoms with van der Waals surface area (Å²) in [5.41, 5.74) is 0.522. The van der Waals surface area contributed by atoms with Gasteiger partial charge in [0.25, 0.3) is 5.56 Å². The summed E-state index contributed by atoms with van der Waals surface area (Å²) in [6.07, 6.45) is 0. The normalized spacial score (nSPS) is 11.8. The van der Waals surface area contributed by atoms with Crippen molar-refractivity contribution in [2.45, 2.75) is 19.9 Å². The molecule has 10 heteroatoms. The molecule has 3 aromatic rings. The van der Waals surface area contributed by atoms with Crippen LogP contribution in [0.25, 0.3) is 16.6 Å². The summed E-state index contributed by atoms with van der Waals surface area (Å²) >= 11 is 0. The number of carbonyl (C=O) groups is 2. The van der Waals surface area contributed by atoms with Gasteiger partial charge in [-0.15, -0.1) is 0 Å². The number of hydrogen-bond donors (Lipinski definition) is 1. The molecule has 0 aliphatic carbocycles. The number of nitrogens with zero attached hydrogens (tertiary/aromatic N) is 3. The van der Waals surface area contributed by atoms with E-state index < -0.39 is 23.9 Å². The van der Waals surface area contributed by atoms with Gasteiger partial charge in [0.2, 0.25) is 0 Å². The number of fused-ring (bicyclic) bond motifs is 1. The van der Waals surface area contributed by atoms with E-state index in [1.807, 2.05) is 0 Å². The van der Waals surface area contributed by atoms with Gasteiger partial charge in [-0.05, 0) is 50.2 Å². The Morgan fingerprint density at radius 2 is 1.88 bits per heavy atom. The zero-order chi connectivity index (χ0) is 24.7. The summed E-state index contributed by atoms with van der Waals surface area (Å²) in [6, 6.07) is 11.1. The lowest BCUT2D eigenvalue weighted by atomic mass is 10.2. The Morgan fingerprint density at radius 3 is 2.56 bits per heavy atom. The fraction of sp³-hybridized carbons (Fsp3) is 0.333. The van der Waals surface area contributed by atoms with Crippen LogP contribution < -0.4 is 10.9 Å². The number of carbonyl (C=O) groups excluding carboxylic acids is 2. The number of amides is 2. The van der Waals surface area contributed by atoms with Crippen molar-refractivity contribution in [3.63, 3.8) is 0 Å². The van der Waals surface area contributed by atoms with E-state index in [-0.39, 0.29) is 37.7 Å². The molecule has 2 aromatic carbocycles. The maximum Gasteiger partial charge on any atom is 0.325 e. The predicted molar refractivity (Wildman–Crippen MR) is 124 cm³/mol. The third-order valence-corrected chi connectivity index (χ3v) is 5.21. The summed E-state index contributed by atoms with van der Waals surface area (Å²) in [5, 5.41) is 2.92. The molecule has 0 spiro atoms. The number of aromatic nitrogens is 2. The van der Waals surface area contributed by atoms with Crippen molar-refractivity contribution in [3.05, 3.63) is 70.5 Å². The smallest absolute Gasteiger partial charge is 0.325 e. The van der Waals surface area contributed by atoms with Crippen LogP contribution in [0, 0.1) is 5.82 Å². The number of rotatable bonds is 9. The molecule has 0 aliphatic rings. The van der Waals surface area contributed by atoms with E-state index >= 15 is 0 Å². The van der Waals surface area contributed by atoms with Crippen molar-refractivity contribution in [1.82, 2.24) is 19.8 Å². The van der Waals surface area contributed by atoms with Crippen LogP contribution in [0.3, 0.4) is 0 Å². The van der Waals surface area contributed by atoms with Gasteiger partial charge in [-0.3, -0.25) is 14.2 Å². The maximum atomic E-state index is 13.6. The molecule has 1 aromatic heterocycles. The fourth-order valence-electron chi connectivity index (χ4n) is 3.53. The average molecular weight is 471 g/mol. The number of para-hydroxylation sites is 1. The van der Waals surface area contributed by atoms with Crippen molar-refractivity contribution >= 4 is 22.9 Å². The van der Waals surface area contributed by atoms with Gasteiger partial charge in [-0.1, -0.05) is 12.1 Å². The predicted octanol–water partition coefficient (Wildman–Crippen LogP) is 2.81. The summed E-state index contributed by atoms with van der Waals surface area (Å²) in [5.74, 6) is -0.736. The number of esters is 1. The number of benzene rings is 2. The summed E-state index contributed by atoms with van der Waals surface area (Å²) < 4.78 is 25.0. The summed E-state index contributed by atoms with van der Waals surface area (Å²) in [6.45, 7) is 3.66. The van der Waals surface area contributed by atoms with E-state index in [1.54, 1.807) is 38.1 Å². The Bertz CT molecular complexity index is 1210. The Morgan fingerprint density at radius 1 is 1.18 bits per heavy atom. The topological polar surface area (TPSA) is 103 Å².